The number of aromatic nitrogens is 2. The maximum Gasteiger partial charge on any atom is 0.266 e. The molecule has 0 saturated carbocycles. The van der Waals surface area contributed by atoms with Gasteiger partial charge in [-0.25, -0.2) is 9.97 Å². The molecule has 22 heavy (non-hydrogen) atoms. The number of anilines is 2. The highest BCUT2D eigenvalue weighted by Gasteiger charge is 2.28. The second-order valence-corrected chi connectivity index (χ2v) is 4.86. The van der Waals surface area contributed by atoms with Crippen LogP contribution in [-0.2, 0) is 9.59 Å². The zero-order valence-electron chi connectivity index (χ0n) is 11.9. The molecule has 2 aromatic heterocycles. The predicted molar refractivity (Wildman–Crippen MR) is 79.7 cm³/mol. The Balaban J connectivity index is 1.73. The fourth-order valence-corrected chi connectivity index (χ4v) is 2.06. The van der Waals surface area contributed by atoms with Crippen LogP contribution >= 0.6 is 0 Å². The van der Waals surface area contributed by atoms with Crippen LogP contribution in [0.2, 0.25) is 0 Å². The Labute approximate surface area is 126 Å². The first-order chi connectivity index (χ1) is 10.6. The summed E-state index contributed by atoms with van der Waals surface area (Å²) in [6.45, 7) is 1.67. The Morgan fingerprint density at radius 3 is 3.00 bits per heavy atom. The lowest BCUT2D eigenvalue weighted by Gasteiger charge is -2.27. The Hall–Kier alpha value is -2.96. The van der Waals surface area contributed by atoms with E-state index in [1.54, 1.807) is 30.6 Å². The van der Waals surface area contributed by atoms with Gasteiger partial charge < -0.3 is 10.1 Å². The number of pyridine rings is 2. The van der Waals surface area contributed by atoms with Crippen LogP contribution in [0, 0.1) is 6.92 Å². The van der Waals surface area contributed by atoms with Crippen LogP contribution < -0.4 is 15.0 Å². The van der Waals surface area contributed by atoms with E-state index in [0.717, 1.165) is 5.56 Å². The average molecular weight is 298 g/mol. The van der Waals surface area contributed by atoms with Crippen LogP contribution in [0.3, 0.4) is 0 Å². The number of aryl methyl sites for hydroxylation is 1. The van der Waals surface area contributed by atoms with Gasteiger partial charge in [0.05, 0.1) is 0 Å². The minimum atomic E-state index is -0.344. The molecule has 3 rings (SSSR count). The molecule has 0 bridgehead atoms. The lowest BCUT2D eigenvalue weighted by atomic mass is 10.3. The molecule has 0 spiro atoms. The minimum absolute atomic E-state index is 0.102. The fourth-order valence-electron chi connectivity index (χ4n) is 2.06. The molecule has 7 heteroatoms. The first-order valence-electron chi connectivity index (χ1n) is 6.74. The maximum atomic E-state index is 12.1. The lowest BCUT2D eigenvalue weighted by Crippen LogP contribution is -2.44. The number of carbonyl (C=O) groups is 2. The highest BCUT2D eigenvalue weighted by molar-refractivity contribution is 6.03. The molecule has 112 valence electrons. The molecular formula is C15H14N4O3. The topological polar surface area (TPSA) is 84.4 Å². The smallest absolute Gasteiger partial charge is 0.266 e. The van der Waals surface area contributed by atoms with Crippen LogP contribution in [0.1, 0.15) is 5.56 Å². The molecule has 7 nitrogen and oxygen atoms in total. The van der Waals surface area contributed by atoms with Gasteiger partial charge in [0, 0.05) is 12.4 Å². The third kappa shape index (κ3) is 2.88. The van der Waals surface area contributed by atoms with Crippen molar-refractivity contribution >= 4 is 23.5 Å². The summed E-state index contributed by atoms with van der Waals surface area (Å²) in [5.41, 5.74) is 1.000. The number of ether oxygens (including phenoxy) is 1. The van der Waals surface area contributed by atoms with Gasteiger partial charge in [-0.05, 0) is 30.7 Å². The van der Waals surface area contributed by atoms with Gasteiger partial charge in [0.2, 0.25) is 5.91 Å². The Bertz CT molecular complexity index is 715. The molecule has 0 unspecified atom stereocenters. The highest BCUT2D eigenvalue weighted by atomic mass is 16.5. The first kappa shape index (κ1) is 14.0. The number of fused-ring (bicyclic) bond motifs is 1. The number of rotatable bonds is 3. The van der Waals surface area contributed by atoms with Gasteiger partial charge >= 0.3 is 0 Å². The van der Waals surface area contributed by atoms with E-state index >= 15 is 0 Å². The number of hydrogen-bond donors (Lipinski definition) is 1. The van der Waals surface area contributed by atoms with Crippen molar-refractivity contribution in [2.45, 2.75) is 6.92 Å². The van der Waals surface area contributed by atoms with Gasteiger partial charge in [-0.15, -0.1) is 0 Å². The van der Waals surface area contributed by atoms with Crippen molar-refractivity contribution in [2.75, 3.05) is 23.4 Å². The van der Waals surface area contributed by atoms with E-state index in [9.17, 15) is 9.59 Å². The maximum absolute atomic E-state index is 12.1. The molecule has 1 aliphatic heterocycles. The second-order valence-electron chi connectivity index (χ2n) is 4.86. The standard InChI is InChI=1S/C15H14N4O3/c1-10-4-5-12(17-7-10)18-13(20)8-19-14(21)9-22-11-3-2-6-16-15(11)19/h2-7H,8-9H2,1H3,(H,17,18,20). The van der Waals surface area contributed by atoms with E-state index in [1.165, 1.54) is 4.90 Å². The lowest BCUT2D eigenvalue weighted by molar-refractivity contribution is -0.123. The normalized spacial score (nSPS) is 13.3. The predicted octanol–water partition coefficient (Wildman–Crippen LogP) is 1.15. The molecule has 0 atom stereocenters. The molecular weight excluding hydrogens is 284 g/mol. The van der Waals surface area contributed by atoms with E-state index in [4.69, 9.17) is 4.74 Å². The van der Waals surface area contributed by atoms with Gasteiger partial charge in [-0.3, -0.25) is 14.5 Å². The van der Waals surface area contributed by atoms with Crippen molar-refractivity contribution in [3.05, 3.63) is 42.2 Å². The van der Waals surface area contributed by atoms with E-state index in [-0.39, 0.29) is 25.0 Å². The van der Waals surface area contributed by atoms with E-state index in [0.29, 0.717) is 17.4 Å². The minimum Gasteiger partial charge on any atom is -0.480 e. The summed E-state index contributed by atoms with van der Waals surface area (Å²) in [6, 6.07) is 6.98. The number of amides is 2. The van der Waals surface area contributed by atoms with Gasteiger partial charge in [-0.2, -0.15) is 0 Å². The summed E-state index contributed by atoms with van der Waals surface area (Å²) < 4.78 is 5.28. The molecule has 2 aromatic rings. The fraction of sp³-hybridized carbons (Fsp3) is 0.200. The summed E-state index contributed by atoms with van der Waals surface area (Å²) in [5.74, 6) is 0.633. The van der Waals surface area contributed by atoms with Crippen molar-refractivity contribution in [3.8, 4) is 5.75 Å². The molecule has 1 N–H and O–H groups in total. The van der Waals surface area contributed by atoms with Crippen molar-refractivity contribution < 1.29 is 14.3 Å². The monoisotopic (exact) mass is 298 g/mol. The Kier molecular flexibility index (Phi) is 3.69. The summed E-state index contributed by atoms with van der Waals surface area (Å²) in [4.78, 5) is 33.6. The van der Waals surface area contributed by atoms with E-state index in [1.807, 2.05) is 13.0 Å². The van der Waals surface area contributed by atoms with Crippen LogP contribution in [-0.4, -0.2) is 34.9 Å². The highest BCUT2D eigenvalue weighted by Crippen LogP contribution is 2.28. The number of carbonyl (C=O) groups excluding carboxylic acids is 2. The summed E-state index contributed by atoms with van der Waals surface area (Å²) in [5, 5.41) is 2.66. The Morgan fingerprint density at radius 1 is 1.36 bits per heavy atom. The number of hydrogen-bond acceptors (Lipinski definition) is 5. The zero-order valence-corrected chi connectivity index (χ0v) is 11.9. The molecule has 0 aliphatic carbocycles. The summed E-state index contributed by atoms with van der Waals surface area (Å²) in [7, 11) is 0. The second kappa shape index (κ2) is 5.80. The molecule has 0 aromatic carbocycles. The average Bonchev–Trinajstić information content (AvgIpc) is 2.52. The van der Waals surface area contributed by atoms with Crippen molar-refractivity contribution in [1.29, 1.82) is 0 Å². The van der Waals surface area contributed by atoms with Crippen molar-refractivity contribution in [2.24, 2.45) is 0 Å². The number of nitrogens with one attached hydrogen (secondary N) is 1. The molecule has 0 saturated heterocycles. The quantitative estimate of drug-likeness (QED) is 0.919. The molecule has 1 aliphatic rings. The Morgan fingerprint density at radius 2 is 2.23 bits per heavy atom. The largest absolute Gasteiger partial charge is 0.480 e. The van der Waals surface area contributed by atoms with Crippen LogP contribution in [0.25, 0.3) is 0 Å². The van der Waals surface area contributed by atoms with Gasteiger partial charge in [0.15, 0.2) is 18.2 Å². The van der Waals surface area contributed by atoms with E-state index in [2.05, 4.69) is 15.3 Å². The van der Waals surface area contributed by atoms with E-state index < -0.39 is 0 Å². The molecule has 2 amide bonds. The third-order valence-electron chi connectivity index (χ3n) is 3.14. The molecule has 3 heterocycles. The van der Waals surface area contributed by atoms with Crippen LogP contribution in [0.4, 0.5) is 11.6 Å². The van der Waals surface area contributed by atoms with Crippen LogP contribution in [0.5, 0.6) is 5.75 Å². The van der Waals surface area contributed by atoms with Crippen molar-refractivity contribution in [1.82, 2.24) is 9.97 Å². The third-order valence-corrected chi connectivity index (χ3v) is 3.14. The van der Waals surface area contributed by atoms with Gasteiger partial charge in [-0.1, -0.05) is 6.07 Å². The first-order valence-corrected chi connectivity index (χ1v) is 6.74. The SMILES string of the molecule is Cc1ccc(NC(=O)CN2C(=O)COc3cccnc32)nc1. The van der Waals surface area contributed by atoms with Crippen molar-refractivity contribution in [3.63, 3.8) is 0 Å². The molecule has 0 radical (unpaired) electrons. The van der Waals surface area contributed by atoms with Crippen LogP contribution in [0.15, 0.2) is 36.7 Å². The van der Waals surface area contributed by atoms with Gasteiger partial charge in [0.1, 0.15) is 12.4 Å². The zero-order chi connectivity index (χ0) is 15.5. The summed E-state index contributed by atoms with van der Waals surface area (Å²) in [6.07, 6.45) is 3.21. The number of nitrogens with zero attached hydrogens (tertiary/aromatic N) is 3. The summed E-state index contributed by atoms with van der Waals surface area (Å²) >= 11 is 0. The van der Waals surface area contributed by atoms with Gasteiger partial charge in [0.25, 0.3) is 5.91 Å². The molecule has 0 fully saturated rings.